The van der Waals surface area contributed by atoms with Crippen LogP contribution in [-0.2, 0) is 4.79 Å². The maximum Gasteiger partial charge on any atom is 0.221 e. The van der Waals surface area contributed by atoms with Crippen LogP contribution in [0.2, 0.25) is 10.0 Å². The zero-order chi connectivity index (χ0) is 17.1. The number of para-hydroxylation sites is 1. The van der Waals surface area contributed by atoms with Crippen molar-refractivity contribution in [3.63, 3.8) is 0 Å². The molecule has 0 aliphatic rings. The summed E-state index contributed by atoms with van der Waals surface area (Å²) in [5.41, 5.74) is 4.62. The van der Waals surface area contributed by atoms with E-state index in [4.69, 9.17) is 23.2 Å². The van der Waals surface area contributed by atoms with Gasteiger partial charge in [-0.3, -0.25) is 4.79 Å². The van der Waals surface area contributed by atoms with Crippen LogP contribution in [0.15, 0.2) is 66.7 Å². The predicted molar refractivity (Wildman–Crippen MR) is 102 cm³/mol. The summed E-state index contributed by atoms with van der Waals surface area (Å²) in [6.45, 7) is 1.50. The maximum absolute atomic E-state index is 11.7. The average molecular weight is 356 g/mol. The van der Waals surface area contributed by atoms with Crippen molar-refractivity contribution in [2.75, 3.05) is 5.32 Å². The minimum atomic E-state index is -0.119. The van der Waals surface area contributed by atoms with E-state index in [0.717, 1.165) is 27.9 Å². The fourth-order valence-electron chi connectivity index (χ4n) is 2.60. The molecule has 1 N–H and O–H groups in total. The number of hydrogen-bond donors (Lipinski definition) is 1. The largest absolute Gasteiger partial charge is 0.325 e. The highest BCUT2D eigenvalue weighted by atomic mass is 35.5. The van der Waals surface area contributed by atoms with E-state index in [9.17, 15) is 4.79 Å². The molecule has 0 aliphatic carbocycles. The first-order valence-corrected chi connectivity index (χ1v) is 8.22. The van der Waals surface area contributed by atoms with Crippen LogP contribution >= 0.6 is 23.2 Å². The summed E-state index contributed by atoms with van der Waals surface area (Å²) >= 11 is 12.0. The first-order valence-electron chi connectivity index (χ1n) is 7.47. The summed E-state index contributed by atoms with van der Waals surface area (Å²) in [5, 5.41) is 4.31. The standard InChI is InChI=1S/C20H15Cl2NO/c1-13(24)23-20-18(14-5-9-16(21)10-6-14)3-2-4-19(20)15-7-11-17(22)12-8-15/h2-12H,1H3,(H,23,24). The van der Waals surface area contributed by atoms with Gasteiger partial charge >= 0.3 is 0 Å². The van der Waals surface area contributed by atoms with E-state index < -0.39 is 0 Å². The fraction of sp³-hybridized carbons (Fsp3) is 0.0500. The Bertz CT molecular complexity index is 807. The van der Waals surface area contributed by atoms with Gasteiger partial charge in [-0.05, 0) is 35.4 Å². The zero-order valence-corrected chi connectivity index (χ0v) is 14.5. The van der Waals surface area contributed by atoms with Crippen LogP contribution in [0.4, 0.5) is 5.69 Å². The molecule has 1 amide bonds. The minimum absolute atomic E-state index is 0.119. The van der Waals surface area contributed by atoms with Crippen LogP contribution in [0.3, 0.4) is 0 Å². The highest BCUT2D eigenvalue weighted by Crippen LogP contribution is 2.37. The molecule has 0 aromatic heterocycles. The Morgan fingerprint density at radius 1 is 0.750 bits per heavy atom. The van der Waals surface area contributed by atoms with E-state index in [0.29, 0.717) is 10.0 Å². The highest BCUT2D eigenvalue weighted by Gasteiger charge is 2.13. The second kappa shape index (κ2) is 7.08. The van der Waals surface area contributed by atoms with Gasteiger partial charge in [0, 0.05) is 28.1 Å². The molecule has 0 saturated carbocycles. The predicted octanol–water partition coefficient (Wildman–Crippen LogP) is 6.29. The number of hydrogen-bond acceptors (Lipinski definition) is 1. The third-order valence-corrected chi connectivity index (χ3v) is 4.18. The molecule has 120 valence electrons. The van der Waals surface area contributed by atoms with E-state index in [1.165, 1.54) is 6.92 Å². The lowest BCUT2D eigenvalue weighted by Crippen LogP contribution is -2.08. The lowest BCUT2D eigenvalue weighted by molar-refractivity contribution is -0.114. The molecule has 4 heteroatoms. The Hall–Kier alpha value is -2.29. The van der Waals surface area contributed by atoms with Gasteiger partial charge in [0.25, 0.3) is 0 Å². The molecule has 3 aromatic rings. The Kier molecular flexibility index (Phi) is 4.89. The van der Waals surface area contributed by atoms with Crippen LogP contribution in [0.1, 0.15) is 6.92 Å². The molecule has 3 aromatic carbocycles. The molecule has 0 heterocycles. The molecular weight excluding hydrogens is 341 g/mol. The number of nitrogens with one attached hydrogen (secondary N) is 1. The molecule has 0 fully saturated rings. The van der Waals surface area contributed by atoms with E-state index in [1.807, 2.05) is 66.7 Å². The molecule has 0 radical (unpaired) electrons. The van der Waals surface area contributed by atoms with Gasteiger partial charge in [-0.25, -0.2) is 0 Å². The summed E-state index contributed by atoms with van der Waals surface area (Å²) in [7, 11) is 0. The van der Waals surface area contributed by atoms with Gasteiger partial charge in [0.15, 0.2) is 0 Å². The van der Waals surface area contributed by atoms with Crippen molar-refractivity contribution < 1.29 is 4.79 Å². The molecule has 0 unspecified atom stereocenters. The SMILES string of the molecule is CC(=O)Nc1c(-c2ccc(Cl)cc2)cccc1-c1ccc(Cl)cc1. The number of benzene rings is 3. The van der Waals surface area contributed by atoms with Crippen molar-refractivity contribution in [2.45, 2.75) is 6.92 Å². The number of rotatable bonds is 3. The van der Waals surface area contributed by atoms with E-state index in [2.05, 4.69) is 5.32 Å². The van der Waals surface area contributed by atoms with Gasteiger partial charge < -0.3 is 5.32 Å². The Morgan fingerprint density at radius 3 is 1.54 bits per heavy atom. The van der Waals surface area contributed by atoms with Gasteiger partial charge in [-0.2, -0.15) is 0 Å². The molecule has 2 nitrogen and oxygen atoms in total. The van der Waals surface area contributed by atoms with E-state index in [-0.39, 0.29) is 5.91 Å². The molecule has 0 saturated heterocycles. The average Bonchev–Trinajstić information content (AvgIpc) is 2.56. The van der Waals surface area contributed by atoms with Crippen LogP contribution in [0.5, 0.6) is 0 Å². The Labute approximate surface area is 151 Å². The summed E-state index contributed by atoms with van der Waals surface area (Å²) in [4.78, 5) is 11.7. The third-order valence-electron chi connectivity index (χ3n) is 3.68. The molecule has 3 rings (SSSR count). The normalized spacial score (nSPS) is 10.5. The van der Waals surface area contributed by atoms with E-state index in [1.54, 1.807) is 0 Å². The summed E-state index contributed by atoms with van der Waals surface area (Å²) in [5.74, 6) is -0.119. The van der Waals surface area contributed by atoms with Gasteiger partial charge in [0.2, 0.25) is 5.91 Å². The topological polar surface area (TPSA) is 29.1 Å². The molecule has 0 aliphatic heterocycles. The monoisotopic (exact) mass is 355 g/mol. The van der Waals surface area contributed by atoms with Crippen LogP contribution < -0.4 is 5.32 Å². The van der Waals surface area contributed by atoms with Crippen LogP contribution in [-0.4, -0.2) is 5.91 Å². The van der Waals surface area contributed by atoms with Crippen molar-refractivity contribution in [1.29, 1.82) is 0 Å². The van der Waals surface area contributed by atoms with Gasteiger partial charge in [0.1, 0.15) is 0 Å². The molecule has 0 atom stereocenters. The summed E-state index contributed by atoms with van der Waals surface area (Å²) in [6, 6.07) is 21.0. The summed E-state index contributed by atoms with van der Waals surface area (Å²) in [6.07, 6.45) is 0. The molecule has 0 bridgehead atoms. The van der Waals surface area contributed by atoms with Crippen molar-refractivity contribution in [1.82, 2.24) is 0 Å². The van der Waals surface area contributed by atoms with Gasteiger partial charge in [-0.15, -0.1) is 0 Å². The fourth-order valence-corrected chi connectivity index (χ4v) is 2.86. The van der Waals surface area contributed by atoms with Crippen LogP contribution in [0.25, 0.3) is 22.3 Å². The smallest absolute Gasteiger partial charge is 0.221 e. The zero-order valence-electron chi connectivity index (χ0n) is 13.0. The maximum atomic E-state index is 11.7. The lowest BCUT2D eigenvalue weighted by atomic mass is 9.96. The second-order valence-electron chi connectivity index (χ2n) is 5.42. The number of carbonyl (C=O) groups excluding carboxylic acids is 1. The second-order valence-corrected chi connectivity index (χ2v) is 6.30. The third kappa shape index (κ3) is 3.61. The number of carbonyl (C=O) groups is 1. The van der Waals surface area contributed by atoms with Crippen molar-refractivity contribution in [3.8, 4) is 22.3 Å². The van der Waals surface area contributed by atoms with Gasteiger partial charge in [0.05, 0.1) is 5.69 Å². The van der Waals surface area contributed by atoms with Crippen molar-refractivity contribution >= 4 is 34.8 Å². The Morgan fingerprint density at radius 2 is 1.17 bits per heavy atom. The van der Waals surface area contributed by atoms with Crippen molar-refractivity contribution in [2.24, 2.45) is 0 Å². The van der Waals surface area contributed by atoms with E-state index >= 15 is 0 Å². The van der Waals surface area contributed by atoms with Gasteiger partial charge in [-0.1, -0.05) is 65.7 Å². The number of halogens is 2. The Balaban J connectivity index is 2.19. The highest BCUT2D eigenvalue weighted by molar-refractivity contribution is 6.31. The number of amides is 1. The molecular formula is C20H15Cl2NO. The molecule has 24 heavy (non-hydrogen) atoms. The minimum Gasteiger partial charge on any atom is -0.325 e. The van der Waals surface area contributed by atoms with Crippen molar-refractivity contribution in [3.05, 3.63) is 76.8 Å². The first kappa shape index (κ1) is 16.6. The van der Waals surface area contributed by atoms with Crippen LogP contribution in [0, 0.1) is 0 Å². The number of anilines is 1. The first-order chi connectivity index (χ1) is 11.5. The molecule has 0 spiro atoms. The lowest BCUT2D eigenvalue weighted by Gasteiger charge is -2.16. The quantitative estimate of drug-likeness (QED) is 0.587. The summed E-state index contributed by atoms with van der Waals surface area (Å²) < 4.78 is 0.